The van der Waals surface area contributed by atoms with Crippen LogP contribution in [0.1, 0.15) is 31.4 Å². The van der Waals surface area contributed by atoms with Crippen LogP contribution in [0, 0.1) is 0 Å². The molecule has 0 bridgehead atoms. The van der Waals surface area contributed by atoms with E-state index in [-0.39, 0.29) is 6.61 Å². The van der Waals surface area contributed by atoms with Crippen LogP contribution in [-0.2, 0) is 0 Å². The fraction of sp³-hybridized carbons (Fsp3) is 0.412. The molecule has 0 aliphatic heterocycles. The second-order valence-corrected chi connectivity index (χ2v) is 5.08. The van der Waals surface area contributed by atoms with E-state index in [4.69, 9.17) is 9.84 Å². The van der Waals surface area contributed by atoms with Gasteiger partial charge in [-0.25, -0.2) is 0 Å². The van der Waals surface area contributed by atoms with E-state index in [9.17, 15) is 0 Å². The van der Waals surface area contributed by atoms with Crippen LogP contribution < -0.4 is 10.1 Å². The Morgan fingerprint density at radius 2 is 1.85 bits per heavy atom. The van der Waals surface area contributed by atoms with Crippen molar-refractivity contribution in [3.63, 3.8) is 0 Å². The van der Waals surface area contributed by atoms with Gasteiger partial charge in [-0.3, -0.25) is 0 Å². The summed E-state index contributed by atoms with van der Waals surface area (Å²) < 4.78 is 5.24. The highest BCUT2D eigenvalue weighted by Gasteiger charge is 2.05. The number of benzene rings is 2. The number of rotatable bonds is 7. The van der Waals surface area contributed by atoms with Gasteiger partial charge >= 0.3 is 0 Å². The van der Waals surface area contributed by atoms with Gasteiger partial charge in [-0.2, -0.15) is 0 Å². The third-order valence-corrected chi connectivity index (χ3v) is 3.61. The van der Waals surface area contributed by atoms with E-state index in [2.05, 4.69) is 42.6 Å². The lowest BCUT2D eigenvalue weighted by atomic mass is 10.0. The summed E-state index contributed by atoms with van der Waals surface area (Å²) in [7, 11) is 1.69. The smallest absolute Gasteiger partial charge is 0.119 e. The molecule has 0 fully saturated rings. The van der Waals surface area contributed by atoms with Crippen LogP contribution >= 0.6 is 0 Å². The summed E-state index contributed by atoms with van der Waals surface area (Å²) in [6, 6.07) is 13.0. The van der Waals surface area contributed by atoms with Crippen molar-refractivity contribution in [2.24, 2.45) is 0 Å². The third-order valence-electron chi connectivity index (χ3n) is 3.61. The second-order valence-electron chi connectivity index (χ2n) is 5.08. The molecule has 0 saturated carbocycles. The average molecular weight is 273 g/mol. The molecule has 2 rings (SSSR count). The number of ether oxygens (including phenoxy) is 1. The maximum absolute atomic E-state index is 8.77. The fourth-order valence-corrected chi connectivity index (χ4v) is 2.31. The second kappa shape index (κ2) is 7.27. The highest BCUT2D eigenvalue weighted by atomic mass is 16.5. The van der Waals surface area contributed by atoms with E-state index in [0.29, 0.717) is 6.04 Å². The van der Waals surface area contributed by atoms with Crippen LogP contribution in [-0.4, -0.2) is 25.4 Å². The number of aliphatic hydroxyl groups is 1. The van der Waals surface area contributed by atoms with Crippen molar-refractivity contribution in [2.45, 2.75) is 25.8 Å². The minimum absolute atomic E-state index is 0.272. The topological polar surface area (TPSA) is 41.5 Å². The maximum Gasteiger partial charge on any atom is 0.119 e. The van der Waals surface area contributed by atoms with Crippen LogP contribution in [0.4, 0.5) is 0 Å². The predicted octanol–water partition coefficient (Wildman–Crippen LogP) is 3.27. The first-order chi connectivity index (χ1) is 9.74. The molecular formula is C17H23NO2. The van der Waals surface area contributed by atoms with Gasteiger partial charge in [-0.15, -0.1) is 0 Å². The first-order valence-electron chi connectivity index (χ1n) is 7.16. The van der Waals surface area contributed by atoms with E-state index < -0.39 is 0 Å². The molecule has 0 aliphatic rings. The van der Waals surface area contributed by atoms with Gasteiger partial charge in [0.15, 0.2) is 0 Å². The van der Waals surface area contributed by atoms with Crippen molar-refractivity contribution in [1.82, 2.24) is 5.32 Å². The molecule has 108 valence electrons. The molecule has 2 N–H and O–H groups in total. The summed E-state index contributed by atoms with van der Waals surface area (Å²) >= 11 is 0. The highest BCUT2D eigenvalue weighted by molar-refractivity contribution is 5.84. The van der Waals surface area contributed by atoms with Crippen molar-refractivity contribution in [3.05, 3.63) is 42.0 Å². The van der Waals surface area contributed by atoms with E-state index in [1.807, 2.05) is 6.07 Å². The van der Waals surface area contributed by atoms with Gasteiger partial charge in [-0.1, -0.05) is 18.2 Å². The Labute approximate surface area is 120 Å². The Bertz CT molecular complexity index is 554. The molecule has 0 radical (unpaired) electrons. The lowest BCUT2D eigenvalue weighted by Crippen LogP contribution is -2.20. The number of nitrogens with one attached hydrogen (secondary N) is 1. The lowest BCUT2D eigenvalue weighted by Gasteiger charge is -2.15. The summed E-state index contributed by atoms with van der Waals surface area (Å²) in [6.45, 7) is 3.37. The van der Waals surface area contributed by atoms with Crippen LogP contribution in [0.3, 0.4) is 0 Å². The monoisotopic (exact) mass is 273 g/mol. The first-order valence-corrected chi connectivity index (χ1v) is 7.16. The molecule has 1 unspecified atom stereocenters. The van der Waals surface area contributed by atoms with Crippen molar-refractivity contribution >= 4 is 10.8 Å². The molecule has 3 nitrogen and oxygen atoms in total. The standard InChI is InChI=1S/C17H23NO2/c1-13(18-9-3-4-10-19)14-5-6-16-12-17(20-2)8-7-15(16)11-14/h5-8,11-13,18-19H,3-4,9-10H2,1-2H3. The average Bonchev–Trinajstić information content (AvgIpc) is 2.50. The van der Waals surface area contributed by atoms with Crippen molar-refractivity contribution in [2.75, 3.05) is 20.3 Å². The molecule has 20 heavy (non-hydrogen) atoms. The van der Waals surface area contributed by atoms with Gasteiger partial charge in [0.05, 0.1) is 7.11 Å². The molecule has 0 heterocycles. The van der Waals surface area contributed by atoms with Gasteiger partial charge in [0, 0.05) is 12.6 Å². The predicted molar refractivity (Wildman–Crippen MR) is 83.2 cm³/mol. The molecule has 0 amide bonds. The quantitative estimate of drug-likeness (QED) is 0.761. The van der Waals surface area contributed by atoms with Crippen LogP contribution in [0.2, 0.25) is 0 Å². The molecule has 0 saturated heterocycles. The molecular weight excluding hydrogens is 250 g/mol. The Morgan fingerprint density at radius 1 is 1.10 bits per heavy atom. The summed E-state index contributed by atoms with van der Waals surface area (Å²) in [6.07, 6.45) is 1.86. The highest BCUT2D eigenvalue weighted by Crippen LogP contribution is 2.24. The van der Waals surface area contributed by atoms with E-state index >= 15 is 0 Å². The Balaban J connectivity index is 2.07. The van der Waals surface area contributed by atoms with Crippen molar-refractivity contribution in [3.8, 4) is 5.75 Å². The van der Waals surface area contributed by atoms with Crippen LogP contribution in [0.15, 0.2) is 36.4 Å². The minimum atomic E-state index is 0.272. The summed E-state index contributed by atoms with van der Waals surface area (Å²) in [5.74, 6) is 0.889. The van der Waals surface area contributed by atoms with Crippen LogP contribution in [0.5, 0.6) is 5.75 Å². The Hall–Kier alpha value is -1.58. The van der Waals surface area contributed by atoms with Gasteiger partial charge in [-0.05, 0) is 60.8 Å². The number of aliphatic hydroxyl groups excluding tert-OH is 1. The van der Waals surface area contributed by atoms with Crippen molar-refractivity contribution < 1.29 is 9.84 Å². The molecule has 2 aromatic rings. The summed E-state index contributed by atoms with van der Waals surface area (Å²) in [5, 5.41) is 14.7. The van der Waals surface area contributed by atoms with Gasteiger partial charge in [0.25, 0.3) is 0 Å². The first kappa shape index (κ1) is 14.8. The van der Waals surface area contributed by atoms with E-state index in [1.54, 1.807) is 7.11 Å². The number of hydrogen-bond acceptors (Lipinski definition) is 3. The molecule has 1 atom stereocenters. The van der Waals surface area contributed by atoms with Gasteiger partial charge in [0.2, 0.25) is 0 Å². The molecule has 3 heteroatoms. The third kappa shape index (κ3) is 3.71. The fourth-order valence-electron chi connectivity index (χ4n) is 2.31. The zero-order chi connectivity index (χ0) is 14.4. The number of unbranched alkanes of at least 4 members (excludes halogenated alkanes) is 1. The maximum atomic E-state index is 8.77. The van der Waals surface area contributed by atoms with Gasteiger partial charge in [0.1, 0.15) is 5.75 Å². The molecule has 0 aromatic heterocycles. The number of fused-ring (bicyclic) bond motifs is 1. The molecule has 0 spiro atoms. The zero-order valence-corrected chi connectivity index (χ0v) is 12.2. The molecule has 0 aliphatic carbocycles. The summed E-state index contributed by atoms with van der Waals surface area (Å²) in [4.78, 5) is 0. The van der Waals surface area contributed by atoms with E-state index in [1.165, 1.54) is 16.3 Å². The normalized spacial score (nSPS) is 12.6. The van der Waals surface area contributed by atoms with Crippen LogP contribution in [0.25, 0.3) is 10.8 Å². The zero-order valence-electron chi connectivity index (χ0n) is 12.2. The van der Waals surface area contributed by atoms with E-state index in [0.717, 1.165) is 25.1 Å². The van der Waals surface area contributed by atoms with Crippen molar-refractivity contribution in [1.29, 1.82) is 0 Å². The Morgan fingerprint density at radius 3 is 2.60 bits per heavy atom. The lowest BCUT2D eigenvalue weighted by molar-refractivity contribution is 0.283. The largest absolute Gasteiger partial charge is 0.497 e. The SMILES string of the molecule is COc1ccc2cc(C(C)NCCCCO)ccc2c1. The minimum Gasteiger partial charge on any atom is -0.497 e. The summed E-state index contributed by atoms with van der Waals surface area (Å²) in [5.41, 5.74) is 1.28. The Kier molecular flexibility index (Phi) is 5.39. The van der Waals surface area contributed by atoms with Gasteiger partial charge < -0.3 is 15.2 Å². The number of methoxy groups -OCH3 is 1. The molecule has 2 aromatic carbocycles. The number of hydrogen-bond donors (Lipinski definition) is 2.